The van der Waals surface area contributed by atoms with Crippen LogP contribution in [0, 0.1) is 5.92 Å². The fourth-order valence-electron chi connectivity index (χ4n) is 3.94. The van der Waals surface area contributed by atoms with Crippen LogP contribution in [0.1, 0.15) is 55.4 Å². The molecular formula is C25H30N4O6S2. The SMILES string of the molecule is CC1CCN(S(=O)(=O)c2ccc(C(=O)Nc3nnc(Cc4ccc(S(=O)(=O)C(C)C)cc4)o3)cc2)CC1. The summed E-state index contributed by atoms with van der Waals surface area (Å²) in [5.74, 6) is 0.234. The second kappa shape index (κ2) is 10.7. The minimum Gasteiger partial charge on any atom is -0.407 e. The van der Waals surface area contributed by atoms with Crippen LogP contribution < -0.4 is 5.32 Å². The average Bonchev–Trinajstić information content (AvgIpc) is 3.31. The van der Waals surface area contributed by atoms with E-state index in [1.54, 1.807) is 38.1 Å². The number of benzene rings is 2. The molecule has 0 saturated carbocycles. The smallest absolute Gasteiger partial charge is 0.322 e. The molecule has 1 aliphatic heterocycles. The third kappa shape index (κ3) is 6.08. The first-order valence-corrected chi connectivity index (χ1v) is 15.0. The summed E-state index contributed by atoms with van der Waals surface area (Å²) in [7, 11) is -6.96. The van der Waals surface area contributed by atoms with Gasteiger partial charge in [0.1, 0.15) is 0 Å². The highest BCUT2D eigenvalue weighted by molar-refractivity contribution is 7.92. The highest BCUT2D eigenvalue weighted by Crippen LogP contribution is 2.24. The van der Waals surface area contributed by atoms with Crippen LogP contribution in [0.5, 0.6) is 0 Å². The van der Waals surface area contributed by atoms with Crippen LogP contribution >= 0.6 is 0 Å². The number of sulfonamides is 1. The van der Waals surface area contributed by atoms with Gasteiger partial charge >= 0.3 is 6.01 Å². The fourth-order valence-corrected chi connectivity index (χ4v) is 6.47. The quantitative estimate of drug-likeness (QED) is 0.453. The lowest BCUT2D eigenvalue weighted by Gasteiger charge is -2.29. The van der Waals surface area contributed by atoms with E-state index in [2.05, 4.69) is 22.4 Å². The van der Waals surface area contributed by atoms with Crippen molar-refractivity contribution in [3.63, 3.8) is 0 Å². The molecule has 2 heterocycles. The van der Waals surface area contributed by atoms with Gasteiger partial charge in [0.05, 0.1) is 21.5 Å². The van der Waals surface area contributed by atoms with Gasteiger partial charge in [0.25, 0.3) is 5.91 Å². The Hall–Kier alpha value is -3.09. The first-order valence-electron chi connectivity index (χ1n) is 12.0. The van der Waals surface area contributed by atoms with Crippen LogP contribution in [0.3, 0.4) is 0 Å². The molecule has 0 atom stereocenters. The van der Waals surface area contributed by atoms with Gasteiger partial charge in [-0.3, -0.25) is 10.1 Å². The van der Waals surface area contributed by atoms with E-state index in [9.17, 15) is 21.6 Å². The Morgan fingerprint density at radius 2 is 1.57 bits per heavy atom. The Kier molecular flexibility index (Phi) is 7.81. The molecule has 198 valence electrons. The molecule has 37 heavy (non-hydrogen) atoms. The number of carbonyl (C=O) groups is 1. The van der Waals surface area contributed by atoms with Crippen LogP contribution in [0.15, 0.2) is 62.7 Å². The minimum atomic E-state index is -3.60. The third-order valence-electron chi connectivity index (χ3n) is 6.41. The number of amides is 1. The normalized spacial score (nSPS) is 15.7. The molecule has 1 N–H and O–H groups in total. The summed E-state index contributed by atoms with van der Waals surface area (Å²) in [6.45, 7) is 6.36. The van der Waals surface area contributed by atoms with Crippen molar-refractivity contribution in [3.8, 4) is 0 Å². The van der Waals surface area contributed by atoms with Gasteiger partial charge in [-0.2, -0.15) is 4.31 Å². The van der Waals surface area contributed by atoms with Crippen LogP contribution in [0.25, 0.3) is 0 Å². The van der Waals surface area contributed by atoms with Crippen molar-refractivity contribution in [3.05, 3.63) is 65.5 Å². The first-order chi connectivity index (χ1) is 17.5. The van der Waals surface area contributed by atoms with Gasteiger partial charge in [-0.1, -0.05) is 24.2 Å². The zero-order chi connectivity index (χ0) is 26.8. The summed E-state index contributed by atoms with van der Waals surface area (Å²) >= 11 is 0. The number of hydrogen-bond donors (Lipinski definition) is 1. The van der Waals surface area contributed by atoms with Gasteiger partial charge in [0.15, 0.2) is 9.84 Å². The number of carbonyl (C=O) groups excluding carboxylic acids is 1. The molecule has 1 saturated heterocycles. The molecule has 1 aromatic heterocycles. The molecule has 1 fully saturated rings. The molecular weight excluding hydrogens is 516 g/mol. The van der Waals surface area contributed by atoms with E-state index in [1.165, 1.54) is 28.6 Å². The summed E-state index contributed by atoms with van der Waals surface area (Å²) in [5.41, 5.74) is 1.01. The van der Waals surface area contributed by atoms with Crippen molar-refractivity contribution in [2.24, 2.45) is 5.92 Å². The van der Waals surface area contributed by atoms with Crippen molar-refractivity contribution in [1.82, 2.24) is 14.5 Å². The molecule has 0 unspecified atom stereocenters. The lowest BCUT2D eigenvalue weighted by atomic mass is 10.0. The maximum absolute atomic E-state index is 12.9. The van der Waals surface area contributed by atoms with E-state index in [-0.39, 0.29) is 33.7 Å². The number of nitrogens with zero attached hydrogens (tertiary/aromatic N) is 3. The third-order valence-corrected chi connectivity index (χ3v) is 10.5. The van der Waals surface area contributed by atoms with E-state index < -0.39 is 31.0 Å². The van der Waals surface area contributed by atoms with E-state index >= 15 is 0 Å². The van der Waals surface area contributed by atoms with Crippen molar-refractivity contribution in [2.75, 3.05) is 18.4 Å². The zero-order valence-corrected chi connectivity index (χ0v) is 22.5. The lowest BCUT2D eigenvalue weighted by molar-refractivity contribution is 0.102. The number of rotatable bonds is 8. The summed E-state index contributed by atoms with van der Waals surface area (Å²) in [4.78, 5) is 13.0. The molecule has 10 nitrogen and oxygen atoms in total. The summed E-state index contributed by atoms with van der Waals surface area (Å²) < 4.78 is 57.3. The molecule has 0 spiro atoms. The van der Waals surface area contributed by atoms with E-state index in [0.717, 1.165) is 18.4 Å². The molecule has 12 heteroatoms. The highest BCUT2D eigenvalue weighted by Gasteiger charge is 2.28. The van der Waals surface area contributed by atoms with Gasteiger partial charge in [0, 0.05) is 18.7 Å². The van der Waals surface area contributed by atoms with Crippen molar-refractivity contribution < 1.29 is 26.0 Å². The Labute approximate surface area is 217 Å². The standard InChI is InChI=1S/C25H30N4O6S2/c1-17(2)36(31,32)21-8-4-19(5-9-21)16-23-27-28-25(35-23)26-24(30)20-6-10-22(11-7-20)37(33,34)29-14-12-18(3)13-15-29/h4-11,17-18H,12-16H2,1-3H3,(H,26,28,30). The zero-order valence-electron chi connectivity index (χ0n) is 20.9. The predicted octanol–water partition coefficient (Wildman–Crippen LogP) is 3.52. The highest BCUT2D eigenvalue weighted by atomic mass is 32.2. The summed E-state index contributed by atoms with van der Waals surface area (Å²) in [5, 5.41) is 9.76. The lowest BCUT2D eigenvalue weighted by Crippen LogP contribution is -2.37. The van der Waals surface area contributed by atoms with Gasteiger partial charge in [-0.15, -0.1) is 5.10 Å². The molecule has 4 rings (SSSR count). The summed E-state index contributed by atoms with van der Waals surface area (Å²) in [6.07, 6.45) is 1.92. The van der Waals surface area contributed by atoms with Crippen LogP contribution in [-0.2, 0) is 26.3 Å². The molecule has 2 aromatic carbocycles. The van der Waals surface area contributed by atoms with Gasteiger partial charge < -0.3 is 4.42 Å². The largest absolute Gasteiger partial charge is 0.407 e. The number of nitrogens with one attached hydrogen (secondary N) is 1. The molecule has 0 aliphatic carbocycles. The van der Waals surface area contributed by atoms with Crippen molar-refractivity contribution >= 4 is 31.8 Å². The van der Waals surface area contributed by atoms with Gasteiger partial charge in [-0.05, 0) is 74.6 Å². The number of sulfone groups is 1. The topological polar surface area (TPSA) is 140 Å². The van der Waals surface area contributed by atoms with Crippen molar-refractivity contribution in [2.45, 2.75) is 55.1 Å². The van der Waals surface area contributed by atoms with E-state index in [4.69, 9.17) is 4.42 Å². The number of hydrogen-bond acceptors (Lipinski definition) is 8. The first kappa shape index (κ1) is 27.0. The van der Waals surface area contributed by atoms with Crippen LogP contribution in [0.4, 0.5) is 6.01 Å². The predicted molar refractivity (Wildman–Crippen MR) is 137 cm³/mol. The Morgan fingerprint density at radius 3 is 2.16 bits per heavy atom. The monoisotopic (exact) mass is 546 g/mol. The summed E-state index contributed by atoms with van der Waals surface area (Å²) in [6, 6.07) is 12.1. The maximum atomic E-state index is 12.9. The van der Waals surface area contributed by atoms with Crippen LogP contribution in [-0.4, -0.2) is 55.6 Å². The van der Waals surface area contributed by atoms with Crippen molar-refractivity contribution in [1.29, 1.82) is 0 Å². The molecule has 1 aliphatic rings. The number of anilines is 1. The molecule has 3 aromatic rings. The number of piperidine rings is 1. The Balaban J connectivity index is 1.37. The van der Waals surface area contributed by atoms with Gasteiger partial charge in [-0.25, -0.2) is 16.8 Å². The Morgan fingerprint density at radius 1 is 0.973 bits per heavy atom. The fraction of sp³-hybridized carbons (Fsp3) is 0.400. The van der Waals surface area contributed by atoms with E-state index in [1.807, 2.05) is 0 Å². The van der Waals surface area contributed by atoms with E-state index in [0.29, 0.717) is 19.0 Å². The maximum Gasteiger partial charge on any atom is 0.322 e. The molecule has 0 bridgehead atoms. The molecule has 0 radical (unpaired) electrons. The molecule has 1 amide bonds. The minimum absolute atomic E-state index is 0.0989. The second-order valence-electron chi connectivity index (χ2n) is 9.48. The average molecular weight is 547 g/mol. The number of aromatic nitrogens is 2. The Bertz CT molecular complexity index is 1460. The van der Waals surface area contributed by atoms with Gasteiger partial charge in [0.2, 0.25) is 15.9 Å². The second-order valence-corrected chi connectivity index (χ2v) is 13.9. The van der Waals surface area contributed by atoms with Crippen LogP contribution in [0.2, 0.25) is 0 Å².